The number of rotatable bonds is 3. The van der Waals surface area contributed by atoms with Gasteiger partial charge in [0.05, 0.1) is 6.20 Å². The molecular weight excluding hydrogens is 272 g/mol. The molecule has 1 amide bonds. The van der Waals surface area contributed by atoms with E-state index < -0.39 is 0 Å². The Hall–Kier alpha value is -1.69. The number of hydrogen-bond donors (Lipinski definition) is 2. The monoisotopic (exact) mass is 280 g/mol. The number of carbonyl (C=O) groups excluding carboxylic acids is 1. The number of nitrogens with one attached hydrogen (secondary N) is 2. The summed E-state index contributed by atoms with van der Waals surface area (Å²) in [7, 11) is 0. The molecule has 1 heterocycles. The Bertz CT molecular complexity index is 466. The summed E-state index contributed by atoms with van der Waals surface area (Å²) in [4.78, 5) is 11.5. The van der Waals surface area contributed by atoms with Gasteiger partial charge in [0.15, 0.2) is 5.69 Å². The fraction of sp³-hybridized carbons (Fsp3) is 0.100. The summed E-state index contributed by atoms with van der Waals surface area (Å²) in [6, 6.07) is 7.73. The first-order valence-electron chi connectivity index (χ1n) is 4.64. The molecule has 0 unspecified atom stereocenters. The molecule has 5 nitrogen and oxygen atoms in total. The number of amides is 1. The van der Waals surface area contributed by atoms with E-state index in [9.17, 15) is 4.79 Å². The second-order valence-corrected chi connectivity index (χ2v) is 4.08. The van der Waals surface area contributed by atoms with Crippen LogP contribution in [0, 0.1) is 0 Å². The lowest BCUT2D eigenvalue weighted by atomic mass is 10.2. The van der Waals surface area contributed by atoms with Gasteiger partial charge in [-0.25, -0.2) is 0 Å². The zero-order valence-electron chi connectivity index (χ0n) is 8.27. The van der Waals surface area contributed by atoms with Crippen LogP contribution >= 0.6 is 15.9 Å². The molecule has 0 radical (unpaired) electrons. The lowest BCUT2D eigenvalue weighted by Gasteiger charge is -2.02. The Morgan fingerprint density at radius 1 is 1.38 bits per heavy atom. The topological polar surface area (TPSA) is 70.7 Å². The van der Waals surface area contributed by atoms with Gasteiger partial charge in [-0.2, -0.15) is 15.4 Å². The minimum atomic E-state index is -0.239. The molecule has 6 heteroatoms. The molecule has 2 N–H and O–H groups in total. The fourth-order valence-corrected chi connectivity index (χ4v) is 1.45. The molecule has 1 aromatic heterocycles. The molecule has 16 heavy (non-hydrogen) atoms. The molecule has 0 saturated carbocycles. The minimum absolute atomic E-state index is 0.239. The summed E-state index contributed by atoms with van der Waals surface area (Å²) in [5.41, 5.74) is 1.32. The van der Waals surface area contributed by atoms with E-state index in [2.05, 4.69) is 36.7 Å². The van der Waals surface area contributed by atoms with Crippen LogP contribution in [-0.4, -0.2) is 21.3 Å². The molecule has 1 aromatic carbocycles. The van der Waals surface area contributed by atoms with Gasteiger partial charge in [-0.15, -0.1) is 0 Å². The first-order valence-corrected chi connectivity index (χ1v) is 5.43. The summed E-state index contributed by atoms with van der Waals surface area (Å²) in [5, 5.41) is 12.4. The minimum Gasteiger partial charge on any atom is -0.347 e. The Kier molecular flexibility index (Phi) is 3.31. The van der Waals surface area contributed by atoms with Crippen molar-refractivity contribution >= 4 is 21.8 Å². The lowest BCUT2D eigenvalue weighted by molar-refractivity contribution is 0.0946. The van der Waals surface area contributed by atoms with E-state index >= 15 is 0 Å². The van der Waals surface area contributed by atoms with E-state index in [0.29, 0.717) is 6.54 Å². The van der Waals surface area contributed by atoms with Crippen molar-refractivity contribution in [3.63, 3.8) is 0 Å². The summed E-state index contributed by atoms with van der Waals surface area (Å²) >= 11 is 3.35. The third kappa shape index (κ3) is 2.66. The van der Waals surface area contributed by atoms with Crippen LogP contribution in [0.4, 0.5) is 0 Å². The SMILES string of the molecule is O=C(NCc1ccc(Br)cc1)c1cn[nH]n1. The zero-order valence-corrected chi connectivity index (χ0v) is 9.86. The molecule has 82 valence electrons. The van der Waals surface area contributed by atoms with Gasteiger partial charge in [0.1, 0.15) is 0 Å². The van der Waals surface area contributed by atoms with Crippen molar-refractivity contribution in [3.05, 3.63) is 46.2 Å². The Morgan fingerprint density at radius 2 is 2.12 bits per heavy atom. The number of benzene rings is 1. The van der Waals surface area contributed by atoms with Crippen molar-refractivity contribution in [2.45, 2.75) is 6.54 Å². The summed E-state index contributed by atoms with van der Waals surface area (Å²) in [5.74, 6) is -0.239. The number of carbonyl (C=O) groups is 1. The molecule has 0 aliphatic carbocycles. The Balaban J connectivity index is 1.93. The van der Waals surface area contributed by atoms with Crippen LogP contribution in [0.5, 0.6) is 0 Å². The highest BCUT2D eigenvalue weighted by atomic mass is 79.9. The Labute approximate surface area is 100 Å². The van der Waals surface area contributed by atoms with Crippen molar-refractivity contribution in [1.82, 2.24) is 20.7 Å². The third-order valence-electron chi connectivity index (χ3n) is 2.01. The van der Waals surface area contributed by atoms with Crippen molar-refractivity contribution in [3.8, 4) is 0 Å². The van der Waals surface area contributed by atoms with Crippen LogP contribution in [0.25, 0.3) is 0 Å². The Morgan fingerprint density at radius 3 is 2.75 bits per heavy atom. The molecule has 0 spiro atoms. The van der Waals surface area contributed by atoms with Crippen molar-refractivity contribution in [1.29, 1.82) is 0 Å². The van der Waals surface area contributed by atoms with Gasteiger partial charge in [0.25, 0.3) is 5.91 Å². The van der Waals surface area contributed by atoms with E-state index in [0.717, 1.165) is 10.0 Å². The van der Waals surface area contributed by atoms with Gasteiger partial charge in [0.2, 0.25) is 0 Å². The molecule has 0 fully saturated rings. The van der Waals surface area contributed by atoms with Crippen LogP contribution in [0.3, 0.4) is 0 Å². The molecule has 2 rings (SSSR count). The number of aromatic nitrogens is 3. The first kappa shape index (κ1) is 10.8. The maximum atomic E-state index is 11.5. The number of nitrogens with zero attached hydrogens (tertiary/aromatic N) is 2. The van der Waals surface area contributed by atoms with E-state index in [1.54, 1.807) is 0 Å². The predicted molar refractivity (Wildman–Crippen MR) is 61.7 cm³/mol. The van der Waals surface area contributed by atoms with E-state index in [1.165, 1.54) is 6.20 Å². The summed E-state index contributed by atoms with van der Waals surface area (Å²) in [6.45, 7) is 0.471. The van der Waals surface area contributed by atoms with Crippen LogP contribution in [-0.2, 0) is 6.54 Å². The van der Waals surface area contributed by atoms with E-state index in [-0.39, 0.29) is 11.6 Å². The highest BCUT2D eigenvalue weighted by Crippen LogP contribution is 2.10. The number of halogens is 1. The number of aromatic amines is 1. The zero-order chi connectivity index (χ0) is 11.4. The highest BCUT2D eigenvalue weighted by molar-refractivity contribution is 9.10. The first-order chi connectivity index (χ1) is 7.75. The largest absolute Gasteiger partial charge is 0.347 e. The standard InChI is InChI=1S/C10H9BrN4O/c11-8-3-1-7(2-4-8)5-12-10(16)9-6-13-15-14-9/h1-4,6H,5H2,(H,12,16)(H,13,14,15). The number of H-pyrrole nitrogens is 1. The van der Waals surface area contributed by atoms with Gasteiger partial charge in [-0.05, 0) is 17.7 Å². The smallest absolute Gasteiger partial charge is 0.273 e. The van der Waals surface area contributed by atoms with Gasteiger partial charge in [-0.1, -0.05) is 28.1 Å². The van der Waals surface area contributed by atoms with Gasteiger partial charge in [-0.3, -0.25) is 4.79 Å². The van der Waals surface area contributed by atoms with Crippen LogP contribution in [0.2, 0.25) is 0 Å². The third-order valence-corrected chi connectivity index (χ3v) is 2.54. The molecule has 0 saturated heterocycles. The fourth-order valence-electron chi connectivity index (χ4n) is 1.19. The van der Waals surface area contributed by atoms with Crippen molar-refractivity contribution in [2.24, 2.45) is 0 Å². The van der Waals surface area contributed by atoms with Gasteiger partial charge < -0.3 is 5.32 Å². The number of hydrogen-bond acceptors (Lipinski definition) is 3. The maximum absolute atomic E-state index is 11.5. The maximum Gasteiger partial charge on any atom is 0.273 e. The predicted octanol–water partition coefficient (Wildman–Crippen LogP) is 1.50. The highest BCUT2D eigenvalue weighted by Gasteiger charge is 2.07. The van der Waals surface area contributed by atoms with E-state index in [4.69, 9.17) is 0 Å². The summed E-state index contributed by atoms with van der Waals surface area (Å²) < 4.78 is 1.01. The lowest BCUT2D eigenvalue weighted by Crippen LogP contribution is -2.23. The molecular formula is C10H9BrN4O. The average Bonchev–Trinajstić information content (AvgIpc) is 2.81. The summed E-state index contributed by atoms with van der Waals surface area (Å²) in [6.07, 6.45) is 1.39. The average molecular weight is 281 g/mol. The van der Waals surface area contributed by atoms with E-state index in [1.807, 2.05) is 24.3 Å². The van der Waals surface area contributed by atoms with Crippen LogP contribution in [0.15, 0.2) is 34.9 Å². The van der Waals surface area contributed by atoms with Crippen LogP contribution in [0.1, 0.15) is 16.1 Å². The van der Waals surface area contributed by atoms with Gasteiger partial charge in [0, 0.05) is 11.0 Å². The molecule has 0 atom stereocenters. The van der Waals surface area contributed by atoms with Crippen molar-refractivity contribution in [2.75, 3.05) is 0 Å². The molecule has 2 aromatic rings. The molecule has 0 aliphatic rings. The second-order valence-electron chi connectivity index (χ2n) is 3.16. The quantitative estimate of drug-likeness (QED) is 0.895. The molecule has 0 aliphatic heterocycles. The molecule has 0 bridgehead atoms. The van der Waals surface area contributed by atoms with Crippen LogP contribution < -0.4 is 5.32 Å². The van der Waals surface area contributed by atoms with Crippen molar-refractivity contribution < 1.29 is 4.79 Å². The normalized spacial score (nSPS) is 10.1. The second kappa shape index (κ2) is 4.89. The van der Waals surface area contributed by atoms with Gasteiger partial charge >= 0.3 is 0 Å².